The van der Waals surface area contributed by atoms with Gasteiger partial charge in [-0.3, -0.25) is 4.90 Å². The van der Waals surface area contributed by atoms with Gasteiger partial charge in [0.15, 0.2) is 0 Å². The number of hydrogen-bond donors (Lipinski definition) is 1. The summed E-state index contributed by atoms with van der Waals surface area (Å²) in [5, 5.41) is 0. The third-order valence-electron chi connectivity index (χ3n) is 2.64. The van der Waals surface area contributed by atoms with Crippen molar-refractivity contribution < 1.29 is 0 Å². The van der Waals surface area contributed by atoms with Crippen LogP contribution < -0.4 is 5.73 Å². The monoisotopic (exact) mass is 270 g/mol. The Labute approximate surface area is 101 Å². The summed E-state index contributed by atoms with van der Waals surface area (Å²) in [7, 11) is 0. The van der Waals surface area contributed by atoms with Crippen LogP contribution in [0.15, 0.2) is 22.7 Å². The predicted molar refractivity (Wildman–Crippen MR) is 68.7 cm³/mol. The lowest BCUT2D eigenvalue weighted by Crippen LogP contribution is -2.22. The third kappa shape index (κ3) is 3.59. The van der Waals surface area contributed by atoms with Crippen LogP contribution >= 0.6 is 15.9 Å². The van der Waals surface area contributed by atoms with Gasteiger partial charge in [-0.15, -0.1) is 0 Å². The van der Waals surface area contributed by atoms with Crippen molar-refractivity contribution in [2.24, 2.45) is 5.73 Å². The molecule has 15 heavy (non-hydrogen) atoms. The van der Waals surface area contributed by atoms with Gasteiger partial charge < -0.3 is 5.73 Å². The molecule has 0 bridgehead atoms. The van der Waals surface area contributed by atoms with Gasteiger partial charge >= 0.3 is 0 Å². The van der Waals surface area contributed by atoms with Crippen molar-refractivity contribution >= 4 is 15.9 Å². The average molecular weight is 271 g/mol. The van der Waals surface area contributed by atoms with Crippen LogP contribution in [0.5, 0.6) is 0 Å². The van der Waals surface area contributed by atoms with Gasteiger partial charge in [0.25, 0.3) is 0 Å². The molecule has 0 amide bonds. The molecule has 0 aliphatic rings. The molecule has 2 N–H and O–H groups in total. The van der Waals surface area contributed by atoms with Crippen LogP contribution in [0.4, 0.5) is 0 Å². The SMILES string of the molecule is CCN(CC)Cc1ccc(CN)cc1Br. The predicted octanol–water partition coefficient (Wildman–Crippen LogP) is 2.75. The summed E-state index contributed by atoms with van der Waals surface area (Å²) in [4.78, 5) is 2.39. The summed E-state index contributed by atoms with van der Waals surface area (Å²) in [5.74, 6) is 0. The van der Waals surface area contributed by atoms with Gasteiger partial charge in [-0.25, -0.2) is 0 Å². The molecule has 3 heteroatoms. The summed E-state index contributed by atoms with van der Waals surface area (Å²) < 4.78 is 1.16. The molecule has 0 unspecified atom stereocenters. The van der Waals surface area contributed by atoms with E-state index in [1.165, 1.54) is 11.1 Å². The van der Waals surface area contributed by atoms with Crippen LogP contribution in [0.25, 0.3) is 0 Å². The van der Waals surface area contributed by atoms with E-state index >= 15 is 0 Å². The zero-order valence-corrected chi connectivity index (χ0v) is 11.0. The van der Waals surface area contributed by atoms with E-state index in [-0.39, 0.29) is 0 Å². The first-order valence-corrected chi connectivity index (χ1v) is 6.20. The van der Waals surface area contributed by atoms with Crippen LogP contribution in [-0.2, 0) is 13.1 Å². The van der Waals surface area contributed by atoms with Crippen molar-refractivity contribution in [3.8, 4) is 0 Å². The Kier molecular flexibility index (Phi) is 5.29. The largest absolute Gasteiger partial charge is 0.326 e. The number of hydrogen-bond acceptors (Lipinski definition) is 2. The van der Waals surface area contributed by atoms with Crippen molar-refractivity contribution in [1.29, 1.82) is 0 Å². The minimum absolute atomic E-state index is 0.601. The molecule has 0 saturated heterocycles. The van der Waals surface area contributed by atoms with E-state index in [2.05, 4.69) is 52.9 Å². The first-order valence-electron chi connectivity index (χ1n) is 5.41. The second kappa shape index (κ2) is 6.26. The third-order valence-corrected chi connectivity index (χ3v) is 3.38. The highest BCUT2D eigenvalue weighted by Gasteiger charge is 2.05. The Morgan fingerprint density at radius 3 is 2.40 bits per heavy atom. The number of rotatable bonds is 5. The van der Waals surface area contributed by atoms with Gasteiger partial charge in [0.2, 0.25) is 0 Å². The number of benzene rings is 1. The van der Waals surface area contributed by atoms with Crippen LogP contribution in [0.2, 0.25) is 0 Å². The molecule has 1 rings (SSSR count). The fraction of sp³-hybridized carbons (Fsp3) is 0.500. The normalized spacial score (nSPS) is 11.0. The van der Waals surface area contributed by atoms with Crippen molar-refractivity contribution in [2.75, 3.05) is 13.1 Å². The first kappa shape index (κ1) is 12.7. The lowest BCUT2D eigenvalue weighted by Gasteiger charge is -2.19. The number of nitrogens with zero attached hydrogens (tertiary/aromatic N) is 1. The highest BCUT2D eigenvalue weighted by Crippen LogP contribution is 2.20. The molecule has 0 atom stereocenters. The van der Waals surface area contributed by atoms with E-state index < -0.39 is 0 Å². The maximum absolute atomic E-state index is 5.59. The van der Waals surface area contributed by atoms with Crippen LogP contribution in [0, 0.1) is 0 Å². The van der Waals surface area contributed by atoms with Crippen LogP contribution in [0.3, 0.4) is 0 Å². The van der Waals surface area contributed by atoms with Gasteiger partial charge in [0.1, 0.15) is 0 Å². The number of nitrogens with two attached hydrogens (primary N) is 1. The molecule has 1 aromatic rings. The summed E-state index contributed by atoms with van der Waals surface area (Å²) in [6.45, 7) is 8.14. The molecule has 0 aliphatic heterocycles. The van der Waals surface area contributed by atoms with E-state index in [0.717, 1.165) is 24.1 Å². The molecule has 2 nitrogen and oxygen atoms in total. The van der Waals surface area contributed by atoms with Crippen LogP contribution in [0.1, 0.15) is 25.0 Å². The minimum atomic E-state index is 0.601. The van der Waals surface area contributed by atoms with Crippen molar-refractivity contribution in [3.05, 3.63) is 33.8 Å². The van der Waals surface area contributed by atoms with E-state index in [1.54, 1.807) is 0 Å². The smallest absolute Gasteiger partial charge is 0.0244 e. The summed E-state index contributed by atoms with van der Waals surface area (Å²) in [5.41, 5.74) is 8.09. The Morgan fingerprint density at radius 2 is 1.93 bits per heavy atom. The molecule has 0 aliphatic carbocycles. The Bertz CT molecular complexity index is 308. The molecule has 0 fully saturated rings. The molecule has 0 heterocycles. The van der Waals surface area contributed by atoms with Gasteiger partial charge in [-0.1, -0.05) is 41.9 Å². The second-order valence-corrected chi connectivity index (χ2v) is 4.45. The molecule has 1 aromatic carbocycles. The second-order valence-electron chi connectivity index (χ2n) is 3.59. The highest BCUT2D eigenvalue weighted by molar-refractivity contribution is 9.10. The lowest BCUT2D eigenvalue weighted by molar-refractivity contribution is 0.295. The fourth-order valence-corrected chi connectivity index (χ4v) is 2.09. The zero-order chi connectivity index (χ0) is 11.3. The van der Waals surface area contributed by atoms with E-state index in [0.29, 0.717) is 6.54 Å². The molecule has 0 saturated carbocycles. The zero-order valence-electron chi connectivity index (χ0n) is 9.46. The topological polar surface area (TPSA) is 29.3 Å². The van der Waals surface area contributed by atoms with E-state index in [4.69, 9.17) is 5.73 Å². The Balaban J connectivity index is 2.77. The van der Waals surface area contributed by atoms with Crippen LogP contribution in [-0.4, -0.2) is 18.0 Å². The molecule has 0 spiro atoms. The molecule has 0 aromatic heterocycles. The van der Waals surface area contributed by atoms with Gasteiger partial charge in [-0.2, -0.15) is 0 Å². The maximum atomic E-state index is 5.59. The van der Waals surface area contributed by atoms with Crippen molar-refractivity contribution in [1.82, 2.24) is 4.90 Å². The minimum Gasteiger partial charge on any atom is -0.326 e. The summed E-state index contributed by atoms with van der Waals surface area (Å²) >= 11 is 3.59. The molecule has 84 valence electrons. The molecule has 0 radical (unpaired) electrons. The fourth-order valence-electron chi connectivity index (χ4n) is 1.53. The Morgan fingerprint density at radius 1 is 1.27 bits per heavy atom. The standard InChI is InChI=1S/C12H19BrN2/c1-3-15(4-2)9-11-6-5-10(8-14)7-12(11)13/h5-7H,3-4,8-9,14H2,1-2H3. The highest BCUT2D eigenvalue weighted by atomic mass is 79.9. The first-order chi connectivity index (χ1) is 7.21. The van der Waals surface area contributed by atoms with Crippen molar-refractivity contribution in [2.45, 2.75) is 26.9 Å². The van der Waals surface area contributed by atoms with Gasteiger partial charge in [0.05, 0.1) is 0 Å². The van der Waals surface area contributed by atoms with Crippen molar-refractivity contribution in [3.63, 3.8) is 0 Å². The van der Waals surface area contributed by atoms with E-state index in [9.17, 15) is 0 Å². The quantitative estimate of drug-likeness (QED) is 0.892. The molecular weight excluding hydrogens is 252 g/mol. The summed E-state index contributed by atoms with van der Waals surface area (Å²) in [6, 6.07) is 6.37. The Hall–Kier alpha value is -0.380. The maximum Gasteiger partial charge on any atom is 0.0244 e. The van der Waals surface area contributed by atoms with Gasteiger partial charge in [0, 0.05) is 17.6 Å². The van der Waals surface area contributed by atoms with E-state index in [1.807, 2.05) is 0 Å². The molecular formula is C12H19BrN2. The lowest BCUT2D eigenvalue weighted by atomic mass is 10.1. The van der Waals surface area contributed by atoms with Gasteiger partial charge in [-0.05, 0) is 30.3 Å². The summed E-state index contributed by atoms with van der Waals surface area (Å²) in [6.07, 6.45) is 0. The number of halogens is 1. The average Bonchev–Trinajstić information content (AvgIpc) is 2.27.